The highest BCUT2D eigenvalue weighted by Gasteiger charge is 2.25. The molecule has 0 aliphatic heterocycles. The van der Waals surface area contributed by atoms with Crippen LogP contribution in [0.5, 0.6) is 0 Å². The third-order valence-electron chi connectivity index (χ3n) is 2.96. The van der Waals surface area contributed by atoms with Crippen LogP contribution in [0, 0.1) is 0 Å². The summed E-state index contributed by atoms with van der Waals surface area (Å²) in [5.41, 5.74) is 0.718. The first kappa shape index (κ1) is 15.6. The predicted octanol–water partition coefficient (Wildman–Crippen LogP) is 4.03. The van der Waals surface area contributed by atoms with Crippen molar-refractivity contribution in [3.8, 4) is 0 Å². The second-order valence-corrected chi connectivity index (χ2v) is 6.08. The van der Waals surface area contributed by atoms with Crippen molar-refractivity contribution < 1.29 is 9.53 Å². The Morgan fingerprint density at radius 2 is 2.20 bits per heavy atom. The maximum absolute atomic E-state index is 11.9. The quantitative estimate of drug-likeness (QED) is 0.652. The molecule has 0 bridgehead atoms. The standard InChI is InChI=1S/C13H16Cl2N2O2S/c1-2-19-13(18)9-5-3-4-6-10(9)20-16-17-11(14)7-8-12(17)15/h5,7-8,10,16H,2-4,6H2,1H3. The number of nitrogens with one attached hydrogen (secondary N) is 1. The first-order valence-electron chi connectivity index (χ1n) is 6.45. The SMILES string of the molecule is CCOC(=O)C1=CCCCC1SNn1c(Cl)ccc1Cl. The van der Waals surface area contributed by atoms with E-state index in [0.29, 0.717) is 16.9 Å². The summed E-state index contributed by atoms with van der Waals surface area (Å²) in [6.45, 7) is 2.19. The molecule has 1 atom stereocenters. The molecule has 1 N–H and O–H groups in total. The molecule has 0 amide bonds. The molecule has 4 nitrogen and oxygen atoms in total. The Morgan fingerprint density at radius 1 is 1.50 bits per heavy atom. The van der Waals surface area contributed by atoms with Crippen molar-refractivity contribution in [2.45, 2.75) is 31.4 Å². The van der Waals surface area contributed by atoms with Crippen molar-refractivity contribution >= 4 is 41.1 Å². The fraction of sp³-hybridized carbons (Fsp3) is 0.462. The molecular formula is C13H16Cl2N2O2S. The lowest BCUT2D eigenvalue weighted by Crippen LogP contribution is -2.23. The highest BCUT2D eigenvalue weighted by Crippen LogP contribution is 2.30. The first-order valence-corrected chi connectivity index (χ1v) is 8.08. The molecule has 0 spiro atoms. The van der Waals surface area contributed by atoms with Gasteiger partial charge in [-0.25, -0.2) is 9.47 Å². The fourth-order valence-corrected chi connectivity index (χ4v) is 3.56. The number of halogens is 2. The van der Waals surface area contributed by atoms with Gasteiger partial charge in [0.1, 0.15) is 10.3 Å². The average molecular weight is 335 g/mol. The van der Waals surface area contributed by atoms with Crippen LogP contribution in [-0.2, 0) is 9.53 Å². The summed E-state index contributed by atoms with van der Waals surface area (Å²) in [5, 5.41) is 1.04. The smallest absolute Gasteiger partial charge is 0.334 e. The second-order valence-electron chi connectivity index (χ2n) is 4.32. The molecule has 1 aliphatic carbocycles. The maximum atomic E-state index is 11.9. The van der Waals surface area contributed by atoms with Gasteiger partial charge in [-0.2, -0.15) is 0 Å². The Kier molecular flexibility index (Phi) is 5.69. The van der Waals surface area contributed by atoms with Crippen molar-refractivity contribution in [3.63, 3.8) is 0 Å². The molecule has 0 radical (unpaired) electrons. The number of hydrogen-bond donors (Lipinski definition) is 1. The number of nitrogens with zero attached hydrogens (tertiary/aromatic N) is 1. The minimum atomic E-state index is -0.240. The summed E-state index contributed by atoms with van der Waals surface area (Å²) >= 11 is 13.4. The van der Waals surface area contributed by atoms with E-state index in [2.05, 4.69) is 4.83 Å². The molecular weight excluding hydrogens is 319 g/mol. The van der Waals surface area contributed by atoms with Crippen LogP contribution in [0.2, 0.25) is 10.3 Å². The van der Waals surface area contributed by atoms with Crippen LogP contribution in [0.3, 0.4) is 0 Å². The van der Waals surface area contributed by atoms with E-state index >= 15 is 0 Å². The van der Waals surface area contributed by atoms with E-state index in [9.17, 15) is 4.79 Å². The van der Waals surface area contributed by atoms with E-state index in [1.54, 1.807) is 23.7 Å². The van der Waals surface area contributed by atoms with Crippen LogP contribution in [0.4, 0.5) is 0 Å². The van der Waals surface area contributed by atoms with Gasteiger partial charge in [0.25, 0.3) is 0 Å². The molecule has 1 aromatic heterocycles. The molecule has 7 heteroatoms. The van der Waals surface area contributed by atoms with Crippen LogP contribution in [-0.4, -0.2) is 22.5 Å². The topological polar surface area (TPSA) is 43.3 Å². The van der Waals surface area contributed by atoms with Crippen LogP contribution in [0.25, 0.3) is 0 Å². The van der Waals surface area contributed by atoms with Crippen LogP contribution in [0.15, 0.2) is 23.8 Å². The number of rotatable bonds is 5. The molecule has 0 fully saturated rings. The fourth-order valence-electron chi connectivity index (χ4n) is 1.99. The van der Waals surface area contributed by atoms with Gasteiger partial charge in [0.2, 0.25) is 0 Å². The summed E-state index contributed by atoms with van der Waals surface area (Å²) in [5.74, 6) is -0.240. The lowest BCUT2D eigenvalue weighted by molar-refractivity contribution is -0.138. The lowest BCUT2D eigenvalue weighted by atomic mass is 9.99. The van der Waals surface area contributed by atoms with E-state index in [-0.39, 0.29) is 11.2 Å². The lowest BCUT2D eigenvalue weighted by Gasteiger charge is -2.23. The Hall–Kier alpha value is -0.780. The van der Waals surface area contributed by atoms with Gasteiger partial charge in [-0.3, -0.25) is 4.83 Å². The third-order valence-corrected chi connectivity index (χ3v) is 4.62. The number of allylic oxidation sites excluding steroid dienone is 1. The third kappa shape index (κ3) is 3.65. The van der Waals surface area contributed by atoms with Crippen molar-refractivity contribution in [1.82, 2.24) is 4.68 Å². The second kappa shape index (κ2) is 7.29. The van der Waals surface area contributed by atoms with Crippen LogP contribution < -0.4 is 4.83 Å². The zero-order valence-corrected chi connectivity index (χ0v) is 13.4. The largest absolute Gasteiger partial charge is 0.463 e. The van der Waals surface area contributed by atoms with E-state index in [0.717, 1.165) is 24.8 Å². The Morgan fingerprint density at radius 3 is 2.85 bits per heavy atom. The molecule has 0 saturated carbocycles. The van der Waals surface area contributed by atoms with E-state index in [1.807, 2.05) is 6.08 Å². The van der Waals surface area contributed by atoms with Gasteiger partial charge in [-0.05, 0) is 50.3 Å². The summed E-state index contributed by atoms with van der Waals surface area (Å²) in [4.78, 5) is 15.0. The van der Waals surface area contributed by atoms with Gasteiger partial charge in [0, 0.05) is 5.57 Å². The number of aromatic nitrogens is 1. The van der Waals surface area contributed by atoms with Crippen LogP contribution >= 0.6 is 35.1 Å². The monoisotopic (exact) mass is 334 g/mol. The van der Waals surface area contributed by atoms with Gasteiger partial charge >= 0.3 is 5.97 Å². The molecule has 20 heavy (non-hydrogen) atoms. The summed E-state index contributed by atoms with van der Waals surface area (Å²) in [6.07, 6.45) is 4.84. The van der Waals surface area contributed by atoms with E-state index in [1.165, 1.54) is 11.9 Å². The molecule has 0 saturated heterocycles. The Labute approximate surface area is 132 Å². The average Bonchev–Trinajstić information content (AvgIpc) is 2.76. The van der Waals surface area contributed by atoms with Crippen molar-refractivity contribution in [3.05, 3.63) is 34.1 Å². The zero-order valence-electron chi connectivity index (χ0n) is 11.1. The van der Waals surface area contributed by atoms with E-state index < -0.39 is 0 Å². The van der Waals surface area contributed by atoms with Gasteiger partial charge in [-0.1, -0.05) is 29.3 Å². The Balaban J connectivity index is 2.02. The molecule has 1 heterocycles. The van der Waals surface area contributed by atoms with Gasteiger partial charge < -0.3 is 4.74 Å². The number of hydrogen-bond acceptors (Lipinski definition) is 4. The minimum Gasteiger partial charge on any atom is -0.463 e. The normalized spacial score (nSPS) is 18.6. The molecule has 0 aromatic carbocycles. The van der Waals surface area contributed by atoms with Crippen molar-refractivity contribution in [2.24, 2.45) is 0 Å². The predicted molar refractivity (Wildman–Crippen MR) is 83.8 cm³/mol. The maximum Gasteiger partial charge on any atom is 0.334 e. The van der Waals surface area contributed by atoms with Crippen molar-refractivity contribution in [2.75, 3.05) is 11.4 Å². The molecule has 110 valence electrons. The highest BCUT2D eigenvalue weighted by atomic mass is 35.5. The van der Waals surface area contributed by atoms with Crippen molar-refractivity contribution in [1.29, 1.82) is 0 Å². The molecule has 1 aromatic rings. The summed E-state index contributed by atoms with van der Waals surface area (Å²) in [6, 6.07) is 3.42. The Bertz CT molecular complexity index is 497. The van der Waals surface area contributed by atoms with Gasteiger partial charge in [-0.15, -0.1) is 0 Å². The van der Waals surface area contributed by atoms with Gasteiger partial charge in [0.15, 0.2) is 0 Å². The number of esters is 1. The highest BCUT2D eigenvalue weighted by molar-refractivity contribution is 8.01. The zero-order chi connectivity index (χ0) is 14.5. The van der Waals surface area contributed by atoms with Crippen LogP contribution in [0.1, 0.15) is 26.2 Å². The molecule has 1 aliphatic rings. The molecule has 2 rings (SSSR count). The molecule has 1 unspecified atom stereocenters. The first-order chi connectivity index (χ1) is 9.63. The summed E-state index contributed by atoms with van der Waals surface area (Å²) < 4.78 is 6.66. The van der Waals surface area contributed by atoms with E-state index in [4.69, 9.17) is 27.9 Å². The number of carbonyl (C=O) groups is 1. The number of ether oxygens (including phenoxy) is 1. The minimum absolute atomic E-state index is 0.0392. The summed E-state index contributed by atoms with van der Waals surface area (Å²) in [7, 11) is 0. The number of carbonyl (C=O) groups excluding carboxylic acids is 1. The van der Waals surface area contributed by atoms with Gasteiger partial charge in [0.05, 0.1) is 11.9 Å².